The largest absolute Gasteiger partial charge is 0.382 e. The Morgan fingerprint density at radius 1 is 1.10 bits per heavy atom. The first-order valence-corrected chi connectivity index (χ1v) is 10.6. The van der Waals surface area contributed by atoms with Crippen molar-refractivity contribution in [3.8, 4) is 0 Å². The van der Waals surface area contributed by atoms with Gasteiger partial charge in [-0.3, -0.25) is 9.59 Å². The Balaban J connectivity index is 2.45. The fourth-order valence-corrected chi connectivity index (χ4v) is 3.79. The Morgan fingerprint density at radius 3 is 2.28 bits per heavy atom. The number of ether oxygens (including phenoxy) is 1. The number of benzene rings is 1. The maximum absolute atomic E-state index is 13.2. The lowest BCUT2D eigenvalue weighted by molar-refractivity contribution is 0.102. The van der Waals surface area contributed by atoms with Crippen LogP contribution in [0.1, 0.15) is 60.1 Å². The molecule has 2 aromatic rings. The molecule has 0 atom stereocenters. The molecule has 0 bridgehead atoms. The molecule has 6 heteroatoms. The molecule has 1 N–H and O–H groups in total. The zero-order valence-corrected chi connectivity index (χ0v) is 18.8. The van der Waals surface area contributed by atoms with E-state index in [4.69, 9.17) is 16.3 Å². The van der Waals surface area contributed by atoms with Crippen molar-refractivity contribution in [1.29, 1.82) is 0 Å². The number of para-hydroxylation sites is 1. The van der Waals surface area contributed by atoms with Crippen molar-refractivity contribution in [2.75, 3.05) is 18.5 Å². The number of pyridine rings is 1. The van der Waals surface area contributed by atoms with E-state index in [1.54, 1.807) is 13.8 Å². The van der Waals surface area contributed by atoms with Gasteiger partial charge in [0.05, 0.1) is 0 Å². The molecule has 0 fully saturated rings. The van der Waals surface area contributed by atoms with Gasteiger partial charge in [0.15, 0.2) is 0 Å². The number of carbonyl (C=O) groups is 1. The molecule has 1 heterocycles. The highest BCUT2D eigenvalue weighted by Gasteiger charge is 2.22. The molecule has 0 aliphatic heterocycles. The number of aromatic nitrogens is 1. The first-order valence-electron chi connectivity index (χ1n) is 10.3. The molecule has 0 aliphatic carbocycles. The second kappa shape index (κ2) is 10.6. The Bertz CT molecular complexity index is 912. The summed E-state index contributed by atoms with van der Waals surface area (Å²) in [6, 6.07) is 5.98. The van der Waals surface area contributed by atoms with E-state index in [1.807, 2.05) is 43.5 Å². The molecule has 5 nitrogen and oxygen atoms in total. The van der Waals surface area contributed by atoms with Gasteiger partial charge in [-0.05, 0) is 51.2 Å². The van der Waals surface area contributed by atoms with Gasteiger partial charge in [0.1, 0.15) is 10.6 Å². The molecule has 1 amide bonds. The summed E-state index contributed by atoms with van der Waals surface area (Å²) in [5, 5.41) is 3.09. The van der Waals surface area contributed by atoms with Crippen molar-refractivity contribution in [3.05, 3.63) is 61.5 Å². The van der Waals surface area contributed by atoms with Gasteiger partial charge in [0.25, 0.3) is 5.91 Å². The van der Waals surface area contributed by atoms with Crippen molar-refractivity contribution in [2.45, 2.75) is 60.4 Å². The van der Waals surface area contributed by atoms with Gasteiger partial charge in [-0.2, -0.15) is 0 Å². The van der Waals surface area contributed by atoms with Crippen LogP contribution in [0.15, 0.2) is 23.0 Å². The van der Waals surface area contributed by atoms with Gasteiger partial charge in [-0.25, -0.2) is 0 Å². The van der Waals surface area contributed by atoms with Crippen molar-refractivity contribution in [1.82, 2.24) is 4.57 Å². The van der Waals surface area contributed by atoms with Crippen molar-refractivity contribution < 1.29 is 9.53 Å². The zero-order chi connectivity index (χ0) is 21.6. The number of hydrogen-bond acceptors (Lipinski definition) is 3. The molecule has 29 heavy (non-hydrogen) atoms. The number of halogens is 1. The first kappa shape index (κ1) is 23.2. The summed E-state index contributed by atoms with van der Waals surface area (Å²) >= 11 is 6.32. The lowest BCUT2D eigenvalue weighted by Gasteiger charge is -2.20. The molecule has 0 aliphatic rings. The maximum Gasteiger partial charge on any atom is 0.261 e. The molecule has 0 saturated heterocycles. The van der Waals surface area contributed by atoms with Crippen LogP contribution in [0, 0.1) is 13.8 Å². The minimum Gasteiger partial charge on any atom is -0.382 e. The van der Waals surface area contributed by atoms with Crippen LogP contribution in [0.5, 0.6) is 0 Å². The Morgan fingerprint density at radius 2 is 1.72 bits per heavy atom. The van der Waals surface area contributed by atoms with Crippen LogP contribution in [0.3, 0.4) is 0 Å². The summed E-state index contributed by atoms with van der Waals surface area (Å²) in [6.45, 7) is 11.6. The molecular weight excluding hydrogens is 388 g/mol. The van der Waals surface area contributed by atoms with Crippen molar-refractivity contribution in [2.24, 2.45) is 0 Å². The normalized spacial score (nSPS) is 11.0. The molecule has 0 spiro atoms. The summed E-state index contributed by atoms with van der Waals surface area (Å²) in [5.74, 6) is -0.413. The predicted octanol–water partition coefficient (Wildman–Crippen LogP) is 4.92. The Labute approximate surface area is 178 Å². The van der Waals surface area contributed by atoms with Gasteiger partial charge < -0.3 is 14.6 Å². The lowest BCUT2D eigenvalue weighted by atomic mass is 10.0. The van der Waals surface area contributed by atoms with Crippen LogP contribution in [0.2, 0.25) is 5.02 Å². The summed E-state index contributed by atoms with van der Waals surface area (Å²) < 4.78 is 7.34. The Hall–Kier alpha value is -2.11. The Kier molecular flexibility index (Phi) is 8.47. The fraction of sp³-hybridized carbons (Fsp3) is 0.478. The van der Waals surface area contributed by atoms with Crippen LogP contribution in [-0.4, -0.2) is 23.7 Å². The van der Waals surface area contributed by atoms with Crippen LogP contribution >= 0.6 is 11.6 Å². The smallest absolute Gasteiger partial charge is 0.261 e. The third-order valence-electron chi connectivity index (χ3n) is 5.25. The van der Waals surface area contributed by atoms with Gasteiger partial charge >= 0.3 is 0 Å². The number of nitrogens with zero attached hydrogens (tertiary/aromatic N) is 1. The van der Waals surface area contributed by atoms with Crippen molar-refractivity contribution >= 4 is 23.2 Å². The number of amides is 1. The number of rotatable bonds is 9. The van der Waals surface area contributed by atoms with Crippen LogP contribution in [0.4, 0.5) is 5.69 Å². The van der Waals surface area contributed by atoms with E-state index in [-0.39, 0.29) is 10.6 Å². The topological polar surface area (TPSA) is 60.3 Å². The van der Waals surface area contributed by atoms with Gasteiger partial charge in [-0.1, -0.05) is 43.6 Å². The van der Waals surface area contributed by atoms with Crippen LogP contribution in [0.25, 0.3) is 0 Å². The minimum absolute atomic E-state index is 0.0941. The molecule has 0 unspecified atom stereocenters. The number of carbonyl (C=O) groups excluding carboxylic acids is 1. The lowest BCUT2D eigenvalue weighted by Crippen LogP contribution is -2.29. The van der Waals surface area contributed by atoms with E-state index >= 15 is 0 Å². The summed E-state index contributed by atoms with van der Waals surface area (Å²) in [6.07, 6.45) is 2.35. The van der Waals surface area contributed by atoms with Crippen molar-refractivity contribution in [3.63, 3.8) is 0 Å². The monoisotopic (exact) mass is 418 g/mol. The summed E-state index contributed by atoms with van der Waals surface area (Å²) in [7, 11) is 0. The number of nitrogens with one attached hydrogen (secondary N) is 1. The van der Waals surface area contributed by atoms with Gasteiger partial charge in [0.2, 0.25) is 5.43 Å². The first-order chi connectivity index (χ1) is 13.9. The molecule has 0 radical (unpaired) electrons. The SMILES string of the molecule is CCOCCCn1c(C)c(Cl)c(=O)c(C(=O)Nc2c(CC)cccc2CC)c1C. The quantitative estimate of drug-likeness (QED) is 0.588. The zero-order valence-electron chi connectivity index (χ0n) is 18.0. The summed E-state index contributed by atoms with van der Waals surface area (Å²) in [4.78, 5) is 26.0. The third kappa shape index (κ3) is 5.09. The van der Waals surface area contributed by atoms with Gasteiger partial charge in [-0.15, -0.1) is 0 Å². The average Bonchev–Trinajstić information content (AvgIpc) is 2.71. The van der Waals surface area contributed by atoms with E-state index in [1.165, 1.54) is 0 Å². The van der Waals surface area contributed by atoms with E-state index < -0.39 is 11.3 Å². The highest BCUT2D eigenvalue weighted by Crippen LogP contribution is 2.24. The van der Waals surface area contributed by atoms with E-state index in [2.05, 4.69) is 5.32 Å². The van der Waals surface area contributed by atoms with E-state index in [0.717, 1.165) is 36.1 Å². The molecule has 0 saturated carbocycles. The highest BCUT2D eigenvalue weighted by atomic mass is 35.5. The van der Waals surface area contributed by atoms with E-state index in [9.17, 15) is 9.59 Å². The molecule has 1 aromatic carbocycles. The van der Waals surface area contributed by atoms with Crippen LogP contribution < -0.4 is 10.7 Å². The minimum atomic E-state index is -0.424. The molecular formula is C23H31ClN2O3. The number of aryl methyl sites for hydroxylation is 2. The number of anilines is 1. The fourth-order valence-electron chi connectivity index (χ4n) is 3.59. The predicted molar refractivity (Wildman–Crippen MR) is 119 cm³/mol. The van der Waals surface area contributed by atoms with E-state index in [0.29, 0.717) is 31.1 Å². The van der Waals surface area contributed by atoms with Crippen LogP contribution in [-0.2, 0) is 24.1 Å². The third-order valence-corrected chi connectivity index (χ3v) is 5.70. The average molecular weight is 419 g/mol. The standard InChI is InChI=1S/C23H31ClN2O3/c1-6-17-11-9-12-18(7-2)21(17)25-23(28)19-15(4)26(13-10-14-29-8-3)16(5)20(24)22(19)27/h9,11-12H,6-8,10,13-14H2,1-5H3,(H,25,28). The molecule has 2 rings (SSSR count). The highest BCUT2D eigenvalue weighted by molar-refractivity contribution is 6.31. The second-order valence-electron chi connectivity index (χ2n) is 7.00. The second-order valence-corrected chi connectivity index (χ2v) is 7.38. The molecule has 158 valence electrons. The summed E-state index contributed by atoms with van der Waals surface area (Å²) in [5.41, 5.74) is 3.86. The molecule has 1 aromatic heterocycles. The maximum atomic E-state index is 13.2. The van der Waals surface area contributed by atoms with Gasteiger partial charge in [0, 0.05) is 36.8 Å². The number of hydrogen-bond donors (Lipinski definition) is 1.